The average molecular weight is 524 g/mol. The molecule has 6 nitrogen and oxygen atoms in total. The molecule has 0 bridgehead atoms. The van der Waals surface area contributed by atoms with Crippen LogP contribution in [0, 0.1) is 16.2 Å². The van der Waals surface area contributed by atoms with Crippen LogP contribution in [0.25, 0.3) is 6.08 Å². The average Bonchev–Trinajstić information content (AvgIpc) is 2.90. The standard InChI is InChI=1S/C10H9.3C5H10O2.Zr/c1-8-6-7-9-4-2-3-5-10(8)9;3*1-5(2,3)4(6)7;/h2-7H,1H3;3*1-3H3,(H,6,7);/q;;;;+3/p-3. The van der Waals surface area contributed by atoms with Crippen LogP contribution in [0.3, 0.4) is 0 Å². The first kappa shape index (κ1) is 32.4. The third kappa shape index (κ3) is 13.6. The summed E-state index contributed by atoms with van der Waals surface area (Å²) >= 11 is 1.57. The molecule has 1 aromatic carbocycles. The summed E-state index contributed by atoms with van der Waals surface area (Å²) in [7, 11) is 0. The van der Waals surface area contributed by atoms with Crippen LogP contribution in [-0.4, -0.2) is 17.9 Å². The number of aliphatic carboxylic acids is 3. The molecule has 1 atom stereocenters. The molecule has 176 valence electrons. The molecular formula is C25H36O6Zr. The van der Waals surface area contributed by atoms with E-state index in [-0.39, 0.29) is 0 Å². The van der Waals surface area contributed by atoms with Crippen molar-refractivity contribution in [2.24, 2.45) is 16.2 Å². The van der Waals surface area contributed by atoms with Gasteiger partial charge in [0.15, 0.2) is 0 Å². The minimum absolute atomic E-state index is 0.337. The number of fused-ring (bicyclic) bond motifs is 1. The van der Waals surface area contributed by atoms with Crippen LogP contribution in [0.1, 0.15) is 80.4 Å². The van der Waals surface area contributed by atoms with Gasteiger partial charge in [-0.3, -0.25) is 0 Å². The SMILES string of the molecule is CC(C)(C)C(=O)[O-].CC(C)(C)C(=O)[O-].CC(C)(C)C(=O)[O-].C[C]1([Zr+3])C=Cc2ccccc21. The van der Waals surface area contributed by atoms with Crippen molar-refractivity contribution in [2.75, 3.05) is 0 Å². The first-order chi connectivity index (χ1) is 14.0. The first-order valence-corrected chi connectivity index (χ1v) is 11.4. The molecule has 0 N–H and O–H groups in total. The van der Waals surface area contributed by atoms with Crippen molar-refractivity contribution in [2.45, 2.75) is 72.4 Å². The van der Waals surface area contributed by atoms with Crippen molar-refractivity contribution >= 4 is 24.0 Å². The second kappa shape index (κ2) is 12.5. The van der Waals surface area contributed by atoms with Gasteiger partial charge in [0.1, 0.15) is 0 Å². The molecule has 32 heavy (non-hydrogen) atoms. The molecule has 0 heterocycles. The number of carboxylic acid groups (broad SMARTS) is 3. The number of carbonyl (C=O) groups is 3. The zero-order valence-electron chi connectivity index (χ0n) is 20.9. The van der Waals surface area contributed by atoms with E-state index >= 15 is 0 Å². The molecule has 0 spiro atoms. The Hall–Kier alpha value is -1.75. The summed E-state index contributed by atoms with van der Waals surface area (Å²) in [6, 6.07) is 8.62. The third-order valence-corrected chi connectivity index (χ3v) is 5.03. The number of allylic oxidation sites excluding steroid dienone is 1. The van der Waals surface area contributed by atoms with Crippen molar-refractivity contribution in [1.29, 1.82) is 0 Å². The Morgan fingerprint density at radius 2 is 1.00 bits per heavy atom. The second-order valence-electron chi connectivity index (χ2n) is 10.7. The summed E-state index contributed by atoms with van der Waals surface area (Å²) < 4.78 is 0.337. The van der Waals surface area contributed by atoms with Crippen molar-refractivity contribution < 1.29 is 54.4 Å². The molecule has 0 radical (unpaired) electrons. The number of rotatable bonds is 0. The molecule has 1 aliphatic rings. The van der Waals surface area contributed by atoms with Crippen LogP contribution in [0.5, 0.6) is 0 Å². The number of carboxylic acids is 3. The molecule has 0 saturated heterocycles. The third-order valence-electron chi connectivity index (χ3n) is 3.95. The number of benzene rings is 1. The van der Waals surface area contributed by atoms with Crippen molar-refractivity contribution in [3.8, 4) is 0 Å². The maximum absolute atomic E-state index is 9.91. The Bertz CT molecular complexity index is 746. The van der Waals surface area contributed by atoms with Gasteiger partial charge in [-0.15, -0.1) is 0 Å². The summed E-state index contributed by atoms with van der Waals surface area (Å²) in [4.78, 5) is 29.7. The molecular weight excluding hydrogens is 487 g/mol. The fourth-order valence-corrected chi connectivity index (χ4v) is 2.23. The Morgan fingerprint density at radius 3 is 1.25 bits per heavy atom. The molecule has 0 amide bonds. The van der Waals surface area contributed by atoms with E-state index in [1.807, 2.05) is 0 Å². The fourth-order valence-electron chi connectivity index (χ4n) is 1.46. The quantitative estimate of drug-likeness (QED) is 0.511. The minimum atomic E-state index is -1.01. The number of hydrogen-bond acceptors (Lipinski definition) is 6. The van der Waals surface area contributed by atoms with Gasteiger partial charge in [0, 0.05) is 34.2 Å². The van der Waals surface area contributed by atoms with E-state index < -0.39 is 34.2 Å². The van der Waals surface area contributed by atoms with Crippen LogP contribution >= 0.6 is 0 Å². The van der Waals surface area contributed by atoms with E-state index in [4.69, 9.17) is 0 Å². The van der Waals surface area contributed by atoms with Gasteiger partial charge in [0.25, 0.3) is 0 Å². The molecule has 1 aliphatic carbocycles. The summed E-state index contributed by atoms with van der Waals surface area (Å²) in [5.41, 5.74) is 0.796. The first-order valence-electron chi connectivity index (χ1n) is 10.2. The van der Waals surface area contributed by atoms with Gasteiger partial charge < -0.3 is 29.7 Å². The number of hydrogen-bond donors (Lipinski definition) is 0. The number of carbonyl (C=O) groups excluding carboxylic acids is 3. The normalized spacial score (nSPS) is 16.8. The van der Waals surface area contributed by atoms with Gasteiger partial charge in [-0.2, -0.15) is 0 Å². The predicted octanol–water partition coefficient (Wildman–Crippen LogP) is 1.82. The molecule has 2 rings (SSSR count). The zero-order valence-corrected chi connectivity index (χ0v) is 23.4. The van der Waals surface area contributed by atoms with Crippen molar-refractivity contribution in [3.63, 3.8) is 0 Å². The van der Waals surface area contributed by atoms with Crippen LogP contribution in [-0.2, 0) is 42.2 Å². The van der Waals surface area contributed by atoms with Crippen LogP contribution in [0.15, 0.2) is 30.3 Å². The molecule has 1 aromatic rings. The van der Waals surface area contributed by atoms with E-state index in [1.165, 1.54) is 11.1 Å². The van der Waals surface area contributed by atoms with Gasteiger partial charge >= 0.3 is 82.3 Å². The van der Waals surface area contributed by atoms with Gasteiger partial charge in [-0.25, -0.2) is 0 Å². The zero-order chi connectivity index (χ0) is 26.1. The molecule has 0 aliphatic heterocycles. The predicted molar refractivity (Wildman–Crippen MR) is 116 cm³/mol. The topological polar surface area (TPSA) is 120 Å². The maximum atomic E-state index is 9.91. The summed E-state index contributed by atoms with van der Waals surface area (Å²) in [5, 5.41) is 29.7. The molecule has 0 fully saturated rings. The van der Waals surface area contributed by atoms with Crippen LogP contribution in [0.2, 0.25) is 0 Å². The summed E-state index contributed by atoms with van der Waals surface area (Å²) in [6.07, 6.45) is 4.53. The van der Waals surface area contributed by atoms with Gasteiger partial charge in [-0.1, -0.05) is 62.3 Å². The van der Waals surface area contributed by atoms with Gasteiger partial charge in [0.05, 0.1) is 0 Å². The molecule has 0 aromatic heterocycles. The van der Waals surface area contributed by atoms with Crippen LogP contribution in [0.4, 0.5) is 0 Å². The van der Waals surface area contributed by atoms with Crippen LogP contribution < -0.4 is 15.3 Å². The molecule has 0 saturated carbocycles. The Balaban J connectivity index is 0. The Kier molecular flexibility index (Phi) is 12.7. The van der Waals surface area contributed by atoms with E-state index in [9.17, 15) is 29.7 Å². The van der Waals surface area contributed by atoms with Crippen molar-refractivity contribution in [3.05, 3.63) is 41.5 Å². The van der Waals surface area contributed by atoms with E-state index in [0.717, 1.165) is 0 Å². The van der Waals surface area contributed by atoms with E-state index in [2.05, 4.69) is 43.3 Å². The van der Waals surface area contributed by atoms with Crippen molar-refractivity contribution in [1.82, 2.24) is 0 Å². The van der Waals surface area contributed by atoms with E-state index in [0.29, 0.717) is 3.12 Å². The Labute approximate surface area is 208 Å². The fraction of sp³-hybridized carbons (Fsp3) is 0.560. The summed E-state index contributed by atoms with van der Waals surface area (Å²) in [6.45, 7) is 16.7. The monoisotopic (exact) mass is 522 g/mol. The van der Waals surface area contributed by atoms with E-state index in [1.54, 1.807) is 87.0 Å². The Morgan fingerprint density at radius 1 is 0.719 bits per heavy atom. The molecule has 1 unspecified atom stereocenters. The second-order valence-corrected chi connectivity index (χ2v) is 13.3. The van der Waals surface area contributed by atoms with Gasteiger partial charge in [-0.05, 0) is 0 Å². The van der Waals surface area contributed by atoms with Gasteiger partial charge in [0.2, 0.25) is 0 Å². The molecule has 7 heteroatoms. The summed E-state index contributed by atoms with van der Waals surface area (Å²) in [5.74, 6) is -3.02.